The predicted octanol–water partition coefficient (Wildman–Crippen LogP) is 2.77. The lowest BCUT2D eigenvalue weighted by Crippen LogP contribution is -2.45. The van der Waals surface area contributed by atoms with Gasteiger partial charge in [-0.15, -0.1) is 11.3 Å². The molecular weight excluding hydrogens is 277 g/mol. The van der Waals surface area contributed by atoms with Gasteiger partial charge in [-0.05, 0) is 32.9 Å². The Morgan fingerprint density at radius 3 is 2.47 bits per heavy atom. The first-order valence-corrected chi connectivity index (χ1v) is 6.67. The summed E-state index contributed by atoms with van der Waals surface area (Å²) >= 11 is 1.59. The summed E-state index contributed by atoms with van der Waals surface area (Å²) in [7, 11) is 0. The van der Waals surface area contributed by atoms with Crippen molar-refractivity contribution < 1.29 is 18.0 Å². The molecule has 0 saturated heterocycles. The fourth-order valence-corrected chi connectivity index (χ4v) is 2.45. The monoisotopic (exact) mass is 294 g/mol. The van der Waals surface area contributed by atoms with Crippen LogP contribution in [0, 0.1) is 6.92 Å². The number of carbonyl (C=O) groups excluding carboxylic acids is 1. The van der Waals surface area contributed by atoms with Gasteiger partial charge < -0.3 is 5.32 Å². The van der Waals surface area contributed by atoms with Gasteiger partial charge in [0.15, 0.2) is 0 Å². The lowest BCUT2D eigenvalue weighted by Gasteiger charge is -2.19. The second-order valence-electron chi connectivity index (χ2n) is 4.39. The molecule has 7 heteroatoms. The third-order valence-corrected chi connectivity index (χ3v) is 3.73. The van der Waals surface area contributed by atoms with Gasteiger partial charge in [-0.2, -0.15) is 13.2 Å². The van der Waals surface area contributed by atoms with Crippen molar-refractivity contribution in [1.82, 2.24) is 10.6 Å². The highest BCUT2D eigenvalue weighted by Crippen LogP contribution is 2.22. The Kier molecular flexibility index (Phi) is 5.37. The molecule has 108 valence electrons. The molecule has 1 aromatic heterocycles. The van der Waals surface area contributed by atoms with Gasteiger partial charge in [0.05, 0.1) is 6.04 Å². The zero-order valence-corrected chi connectivity index (χ0v) is 11.8. The summed E-state index contributed by atoms with van der Waals surface area (Å²) in [4.78, 5) is 13.7. The molecule has 1 rings (SSSR count). The summed E-state index contributed by atoms with van der Waals surface area (Å²) in [5.74, 6) is -0.655. The van der Waals surface area contributed by atoms with E-state index in [1.165, 1.54) is 0 Å². The summed E-state index contributed by atoms with van der Waals surface area (Å²) in [6.07, 6.45) is -4.38. The molecule has 2 unspecified atom stereocenters. The highest BCUT2D eigenvalue weighted by molar-refractivity contribution is 7.12. The largest absolute Gasteiger partial charge is 0.405 e. The smallest absolute Gasteiger partial charge is 0.346 e. The Morgan fingerprint density at radius 2 is 2.00 bits per heavy atom. The van der Waals surface area contributed by atoms with Crippen LogP contribution in [0.2, 0.25) is 0 Å². The van der Waals surface area contributed by atoms with Crippen LogP contribution in [-0.2, 0) is 4.79 Å². The molecule has 19 heavy (non-hydrogen) atoms. The molecule has 0 spiro atoms. The molecule has 3 nitrogen and oxygen atoms in total. The van der Waals surface area contributed by atoms with Crippen LogP contribution in [0.15, 0.2) is 12.1 Å². The van der Waals surface area contributed by atoms with Gasteiger partial charge in [0, 0.05) is 15.8 Å². The van der Waals surface area contributed by atoms with E-state index in [-0.39, 0.29) is 6.04 Å². The molecular formula is C12H17F3N2OS. The van der Waals surface area contributed by atoms with Crippen LogP contribution in [0.3, 0.4) is 0 Å². The molecule has 0 aliphatic rings. The van der Waals surface area contributed by atoms with Crippen molar-refractivity contribution in [3.8, 4) is 0 Å². The lowest BCUT2D eigenvalue weighted by atomic mass is 10.2. The van der Waals surface area contributed by atoms with E-state index in [9.17, 15) is 18.0 Å². The second-order valence-corrected chi connectivity index (χ2v) is 5.71. The lowest BCUT2D eigenvalue weighted by molar-refractivity contribution is -0.139. The third-order valence-electron chi connectivity index (χ3n) is 2.54. The Hall–Kier alpha value is -1.08. The van der Waals surface area contributed by atoms with Gasteiger partial charge >= 0.3 is 6.18 Å². The van der Waals surface area contributed by atoms with Crippen molar-refractivity contribution >= 4 is 17.2 Å². The number of hydrogen-bond acceptors (Lipinski definition) is 3. The van der Waals surface area contributed by atoms with Crippen LogP contribution in [0.4, 0.5) is 13.2 Å². The van der Waals surface area contributed by atoms with Crippen molar-refractivity contribution in [1.29, 1.82) is 0 Å². The summed E-state index contributed by atoms with van der Waals surface area (Å²) in [5.41, 5.74) is 0. The average molecular weight is 294 g/mol. The molecule has 0 fully saturated rings. The second kappa shape index (κ2) is 6.38. The first-order chi connectivity index (χ1) is 8.69. The van der Waals surface area contributed by atoms with Crippen molar-refractivity contribution in [2.75, 3.05) is 6.54 Å². The number of carbonyl (C=O) groups is 1. The van der Waals surface area contributed by atoms with E-state index in [1.54, 1.807) is 18.3 Å². The number of nitrogens with one attached hydrogen (secondary N) is 2. The number of hydrogen-bond donors (Lipinski definition) is 2. The molecule has 0 aromatic carbocycles. The molecule has 1 aromatic rings. The van der Waals surface area contributed by atoms with Crippen molar-refractivity contribution in [3.05, 3.63) is 21.9 Å². The SMILES string of the molecule is Cc1ccc(C(C)NC(C)C(=O)NCC(F)(F)F)s1. The minimum atomic E-state index is -4.38. The van der Waals surface area contributed by atoms with E-state index in [0.717, 1.165) is 9.75 Å². The number of aryl methyl sites for hydroxylation is 1. The maximum atomic E-state index is 12.0. The third kappa shape index (κ3) is 5.61. The first kappa shape index (κ1) is 16.0. The molecule has 2 atom stereocenters. The van der Waals surface area contributed by atoms with Crippen LogP contribution in [-0.4, -0.2) is 24.7 Å². The topological polar surface area (TPSA) is 41.1 Å². The van der Waals surface area contributed by atoms with E-state index < -0.39 is 24.7 Å². The Morgan fingerprint density at radius 1 is 1.37 bits per heavy atom. The van der Waals surface area contributed by atoms with Crippen LogP contribution >= 0.6 is 11.3 Å². The van der Waals surface area contributed by atoms with E-state index in [1.807, 2.05) is 31.3 Å². The predicted molar refractivity (Wildman–Crippen MR) is 69.1 cm³/mol. The van der Waals surface area contributed by atoms with Crippen LogP contribution < -0.4 is 10.6 Å². The first-order valence-electron chi connectivity index (χ1n) is 5.86. The van der Waals surface area contributed by atoms with Gasteiger partial charge in [0.25, 0.3) is 0 Å². The molecule has 0 radical (unpaired) electrons. The summed E-state index contributed by atoms with van der Waals surface area (Å²) < 4.78 is 35.9. The number of amides is 1. The van der Waals surface area contributed by atoms with E-state index in [4.69, 9.17) is 0 Å². The summed E-state index contributed by atoms with van der Waals surface area (Å²) in [6, 6.07) is 3.15. The van der Waals surface area contributed by atoms with E-state index >= 15 is 0 Å². The molecule has 0 bridgehead atoms. The molecule has 2 N–H and O–H groups in total. The van der Waals surface area contributed by atoms with Gasteiger partial charge in [0.2, 0.25) is 5.91 Å². The number of alkyl halides is 3. The normalized spacial score (nSPS) is 15.1. The van der Waals surface area contributed by atoms with Crippen LogP contribution in [0.25, 0.3) is 0 Å². The van der Waals surface area contributed by atoms with Crippen LogP contribution in [0.1, 0.15) is 29.6 Å². The Bertz CT molecular complexity index is 431. The number of halogens is 3. The van der Waals surface area contributed by atoms with Crippen molar-refractivity contribution in [3.63, 3.8) is 0 Å². The maximum absolute atomic E-state index is 12.0. The standard InChI is InChI=1S/C12H17F3N2OS/c1-7-4-5-10(19-7)8(2)17-9(3)11(18)16-6-12(13,14)15/h4-5,8-9,17H,6H2,1-3H3,(H,16,18). The van der Waals surface area contributed by atoms with Crippen molar-refractivity contribution in [2.45, 2.75) is 39.0 Å². The fourth-order valence-electron chi connectivity index (χ4n) is 1.56. The summed E-state index contributed by atoms with van der Waals surface area (Å²) in [6.45, 7) is 4.09. The highest BCUT2D eigenvalue weighted by atomic mass is 32.1. The maximum Gasteiger partial charge on any atom is 0.405 e. The zero-order valence-electron chi connectivity index (χ0n) is 11.0. The Labute approximate surface area is 114 Å². The minimum Gasteiger partial charge on any atom is -0.346 e. The average Bonchev–Trinajstić information content (AvgIpc) is 2.71. The van der Waals surface area contributed by atoms with E-state index in [2.05, 4.69) is 5.32 Å². The summed E-state index contributed by atoms with van der Waals surface area (Å²) in [5, 5.41) is 4.84. The molecule has 0 aliphatic carbocycles. The van der Waals surface area contributed by atoms with Gasteiger partial charge in [-0.1, -0.05) is 0 Å². The molecule has 0 aliphatic heterocycles. The van der Waals surface area contributed by atoms with Gasteiger partial charge in [-0.3, -0.25) is 10.1 Å². The molecule has 1 heterocycles. The zero-order chi connectivity index (χ0) is 14.6. The number of rotatable bonds is 5. The highest BCUT2D eigenvalue weighted by Gasteiger charge is 2.29. The minimum absolute atomic E-state index is 0.0784. The molecule has 1 amide bonds. The Balaban J connectivity index is 2.45. The number of thiophene rings is 1. The van der Waals surface area contributed by atoms with Crippen molar-refractivity contribution in [2.24, 2.45) is 0 Å². The fraction of sp³-hybridized carbons (Fsp3) is 0.583. The van der Waals surface area contributed by atoms with Gasteiger partial charge in [0.1, 0.15) is 6.54 Å². The van der Waals surface area contributed by atoms with Crippen LogP contribution in [0.5, 0.6) is 0 Å². The quantitative estimate of drug-likeness (QED) is 0.877. The van der Waals surface area contributed by atoms with E-state index in [0.29, 0.717) is 0 Å². The molecule has 0 saturated carbocycles. The van der Waals surface area contributed by atoms with Gasteiger partial charge in [-0.25, -0.2) is 0 Å².